The minimum absolute atomic E-state index is 0.0558. The molecule has 0 unspecified atom stereocenters. The van der Waals surface area contributed by atoms with Crippen molar-refractivity contribution in [2.24, 2.45) is 7.05 Å². The number of aromatic nitrogens is 3. The van der Waals surface area contributed by atoms with Crippen LogP contribution >= 0.6 is 0 Å². The second-order valence-electron chi connectivity index (χ2n) is 6.82. The molecule has 0 atom stereocenters. The molecule has 1 fully saturated rings. The van der Waals surface area contributed by atoms with E-state index < -0.39 is 0 Å². The van der Waals surface area contributed by atoms with Gasteiger partial charge in [0.05, 0.1) is 0 Å². The summed E-state index contributed by atoms with van der Waals surface area (Å²) < 4.78 is 1.61. The lowest BCUT2D eigenvalue weighted by Crippen LogP contribution is -2.33. The van der Waals surface area contributed by atoms with Crippen LogP contribution in [0.3, 0.4) is 0 Å². The third-order valence-electron chi connectivity index (χ3n) is 5.07. The van der Waals surface area contributed by atoms with Crippen LogP contribution in [0, 0.1) is 0 Å². The number of piperidine rings is 1. The lowest BCUT2D eigenvalue weighted by atomic mass is 9.92. The molecule has 0 radical (unpaired) electrons. The molecule has 4 heterocycles. The van der Waals surface area contributed by atoms with Gasteiger partial charge in [0, 0.05) is 49.1 Å². The van der Waals surface area contributed by atoms with Crippen molar-refractivity contribution in [3.8, 4) is 0 Å². The molecule has 5 heteroatoms. The van der Waals surface area contributed by atoms with Gasteiger partial charge in [-0.25, -0.2) is 9.97 Å². The van der Waals surface area contributed by atoms with Crippen LogP contribution in [-0.2, 0) is 13.6 Å². The molecular formula is C20H22N4O. The van der Waals surface area contributed by atoms with Crippen molar-refractivity contribution in [1.82, 2.24) is 19.4 Å². The molecule has 3 aromatic rings. The fourth-order valence-electron chi connectivity index (χ4n) is 3.53. The highest BCUT2D eigenvalue weighted by atomic mass is 16.1. The quantitative estimate of drug-likeness (QED) is 0.739. The van der Waals surface area contributed by atoms with Crippen molar-refractivity contribution in [2.45, 2.75) is 25.3 Å². The van der Waals surface area contributed by atoms with E-state index in [1.807, 2.05) is 24.4 Å². The second-order valence-corrected chi connectivity index (χ2v) is 6.82. The van der Waals surface area contributed by atoms with Gasteiger partial charge in [-0.15, -0.1) is 0 Å². The zero-order valence-electron chi connectivity index (χ0n) is 14.4. The lowest BCUT2D eigenvalue weighted by molar-refractivity contribution is 0.203. The predicted octanol–water partition coefficient (Wildman–Crippen LogP) is 2.71. The van der Waals surface area contributed by atoms with Crippen LogP contribution in [0.1, 0.15) is 30.0 Å². The number of likely N-dealkylation sites (tertiary alicyclic amines) is 1. The average Bonchev–Trinajstić information content (AvgIpc) is 2.65. The van der Waals surface area contributed by atoms with Crippen molar-refractivity contribution in [1.29, 1.82) is 0 Å². The summed E-state index contributed by atoms with van der Waals surface area (Å²) in [4.78, 5) is 23.3. The van der Waals surface area contributed by atoms with E-state index in [4.69, 9.17) is 4.98 Å². The largest absolute Gasteiger partial charge is 0.319 e. The van der Waals surface area contributed by atoms with Gasteiger partial charge in [-0.2, -0.15) is 0 Å². The minimum atomic E-state index is 0.0558. The molecule has 1 aliphatic heterocycles. The number of pyridine rings is 3. The van der Waals surface area contributed by atoms with Gasteiger partial charge < -0.3 is 4.57 Å². The first-order valence-corrected chi connectivity index (χ1v) is 8.78. The average molecular weight is 334 g/mol. The Hall–Kier alpha value is -2.53. The number of aryl methyl sites for hydroxylation is 1. The van der Waals surface area contributed by atoms with Crippen LogP contribution in [0.15, 0.2) is 53.6 Å². The van der Waals surface area contributed by atoms with E-state index in [2.05, 4.69) is 22.0 Å². The number of rotatable bonds is 3. The summed E-state index contributed by atoms with van der Waals surface area (Å²) >= 11 is 0. The molecule has 1 saturated heterocycles. The molecule has 25 heavy (non-hydrogen) atoms. The molecule has 128 valence electrons. The Labute approximate surface area is 147 Å². The van der Waals surface area contributed by atoms with Crippen molar-refractivity contribution in [2.75, 3.05) is 13.1 Å². The van der Waals surface area contributed by atoms with Gasteiger partial charge in [-0.05, 0) is 61.8 Å². The Morgan fingerprint density at radius 1 is 1.16 bits per heavy atom. The summed E-state index contributed by atoms with van der Waals surface area (Å²) in [7, 11) is 1.78. The summed E-state index contributed by atoms with van der Waals surface area (Å²) in [6, 6.07) is 12.0. The molecule has 4 rings (SSSR count). The molecule has 3 aromatic heterocycles. The van der Waals surface area contributed by atoms with E-state index in [1.54, 1.807) is 23.9 Å². The van der Waals surface area contributed by atoms with Gasteiger partial charge in [-0.3, -0.25) is 9.69 Å². The van der Waals surface area contributed by atoms with Crippen LogP contribution in [0.25, 0.3) is 11.0 Å². The fraction of sp³-hybridized carbons (Fsp3) is 0.350. The Morgan fingerprint density at radius 2 is 2.00 bits per heavy atom. The summed E-state index contributed by atoms with van der Waals surface area (Å²) in [5.74, 6) is 0.492. The molecule has 0 spiro atoms. The van der Waals surface area contributed by atoms with Crippen LogP contribution in [-0.4, -0.2) is 32.5 Å². The number of fused-ring (bicyclic) bond motifs is 1. The number of hydrogen-bond acceptors (Lipinski definition) is 4. The molecule has 0 N–H and O–H groups in total. The molecular weight excluding hydrogens is 312 g/mol. The van der Waals surface area contributed by atoms with Crippen LogP contribution in [0.4, 0.5) is 0 Å². The summed E-state index contributed by atoms with van der Waals surface area (Å²) in [6.07, 6.45) is 5.83. The van der Waals surface area contributed by atoms with E-state index in [0.29, 0.717) is 5.92 Å². The minimum Gasteiger partial charge on any atom is -0.319 e. The number of nitrogens with zero attached hydrogens (tertiary/aromatic N) is 4. The first-order valence-electron chi connectivity index (χ1n) is 8.78. The van der Waals surface area contributed by atoms with Crippen LogP contribution in [0.2, 0.25) is 0 Å². The van der Waals surface area contributed by atoms with Gasteiger partial charge in [0.1, 0.15) is 0 Å². The highest BCUT2D eigenvalue weighted by Gasteiger charge is 2.22. The third kappa shape index (κ3) is 3.46. The fourth-order valence-corrected chi connectivity index (χ4v) is 3.53. The number of hydrogen-bond donors (Lipinski definition) is 0. The maximum absolute atomic E-state index is 11.8. The van der Waals surface area contributed by atoms with Gasteiger partial charge in [0.15, 0.2) is 5.65 Å². The normalized spacial score (nSPS) is 16.4. The molecule has 1 aliphatic rings. The van der Waals surface area contributed by atoms with E-state index >= 15 is 0 Å². The Kier molecular flexibility index (Phi) is 4.32. The van der Waals surface area contributed by atoms with E-state index in [0.717, 1.165) is 54.8 Å². The smallest absolute Gasteiger partial charge is 0.250 e. The maximum Gasteiger partial charge on any atom is 0.250 e. The van der Waals surface area contributed by atoms with Crippen molar-refractivity contribution >= 4 is 11.0 Å². The van der Waals surface area contributed by atoms with Crippen LogP contribution < -0.4 is 5.56 Å². The summed E-state index contributed by atoms with van der Waals surface area (Å²) in [5, 5.41) is 1.09. The van der Waals surface area contributed by atoms with Gasteiger partial charge in [0.2, 0.25) is 0 Å². The molecule has 0 bridgehead atoms. The maximum atomic E-state index is 11.8. The van der Waals surface area contributed by atoms with E-state index in [-0.39, 0.29) is 5.56 Å². The summed E-state index contributed by atoms with van der Waals surface area (Å²) in [5.41, 5.74) is 3.14. The molecule has 0 aromatic carbocycles. The van der Waals surface area contributed by atoms with Gasteiger partial charge >= 0.3 is 0 Å². The highest BCUT2D eigenvalue weighted by molar-refractivity contribution is 5.74. The molecule has 0 aliphatic carbocycles. The van der Waals surface area contributed by atoms with E-state index in [1.165, 1.54) is 0 Å². The lowest BCUT2D eigenvalue weighted by Gasteiger charge is -2.31. The Morgan fingerprint density at radius 3 is 2.80 bits per heavy atom. The Balaban J connectivity index is 1.41. The van der Waals surface area contributed by atoms with Gasteiger partial charge in [-0.1, -0.05) is 0 Å². The molecule has 0 amide bonds. The second kappa shape index (κ2) is 6.76. The first-order chi connectivity index (χ1) is 12.2. The monoisotopic (exact) mass is 334 g/mol. The standard InChI is InChI=1S/C20H22N4O/c1-23-10-6-15(13-19(23)25)14-24-11-7-16(8-12-24)18-5-4-17-3-2-9-21-20(17)22-18/h2-6,9-10,13,16H,7-8,11-12,14H2,1H3. The third-order valence-corrected chi connectivity index (χ3v) is 5.07. The van der Waals surface area contributed by atoms with Crippen LogP contribution in [0.5, 0.6) is 0 Å². The Bertz CT molecular complexity index is 942. The predicted molar refractivity (Wildman–Crippen MR) is 98.5 cm³/mol. The first kappa shape index (κ1) is 16.0. The SMILES string of the molecule is Cn1ccc(CN2CCC(c3ccc4cccnc4n3)CC2)cc1=O. The van der Waals surface area contributed by atoms with Crippen molar-refractivity contribution in [3.63, 3.8) is 0 Å². The topological polar surface area (TPSA) is 51.0 Å². The zero-order chi connectivity index (χ0) is 17.2. The zero-order valence-corrected chi connectivity index (χ0v) is 14.4. The molecule has 0 saturated carbocycles. The highest BCUT2D eigenvalue weighted by Crippen LogP contribution is 2.28. The molecule has 5 nitrogen and oxygen atoms in total. The van der Waals surface area contributed by atoms with E-state index in [9.17, 15) is 4.79 Å². The van der Waals surface area contributed by atoms with Gasteiger partial charge in [0.25, 0.3) is 5.56 Å². The summed E-state index contributed by atoms with van der Waals surface area (Å²) in [6.45, 7) is 2.90. The van der Waals surface area contributed by atoms with Crippen molar-refractivity contribution in [3.05, 3.63) is 70.4 Å². The van der Waals surface area contributed by atoms with Crippen molar-refractivity contribution < 1.29 is 0 Å².